The van der Waals surface area contributed by atoms with Crippen LogP contribution in [-0.2, 0) is 4.79 Å². The molecular formula is C30H20N4O5. The van der Waals surface area contributed by atoms with Gasteiger partial charge in [-0.25, -0.2) is 9.78 Å². The van der Waals surface area contributed by atoms with Crippen molar-refractivity contribution in [3.05, 3.63) is 141 Å². The van der Waals surface area contributed by atoms with E-state index in [2.05, 4.69) is 10.1 Å². The maximum absolute atomic E-state index is 13.4. The number of carbonyl (C=O) groups is 1. The predicted molar refractivity (Wildman–Crippen MR) is 149 cm³/mol. The summed E-state index contributed by atoms with van der Waals surface area (Å²) in [6.07, 6.45) is 4.08. The molecule has 0 aliphatic carbocycles. The summed E-state index contributed by atoms with van der Waals surface area (Å²) in [7, 11) is 0. The average Bonchev–Trinajstić information content (AvgIpc) is 2.97. The topological polar surface area (TPSA) is 117 Å². The van der Waals surface area contributed by atoms with Crippen LogP contribution in [0.25, 0.3) is 28.4 Å². The van der Waals surface area contributed by atoms with Gasteiger partial charge in [-0.1, -0.05) is 72.8 Å². The first-order valence-electron chi connectivity index (χ1n) is 11.8. The minimum absolute atomic E-state index is 0.0371. The summed E-state index contributed by atoms with van der Waals surface area (Å²) in [5.74, 6) is -0.364. The Labute approximate surface area is 222 Å². The highest BCUT2D eigenvalue weighted by molar-refractivity contribution is 5.92. The first kappa shape index (κ1) is 25.0. The number of fused-ring (bicyclic) bond motifs is 1. The molecule has 190 valence electrons. The van der Waals surface area contributed by atoms with Gasteiger partial charge in [0.05, 0.1) is 22.0 Å². The molecule has 0 aliphatic rings. The predicted octanol–water partition coefficient (Wildman–Crippen LogP) is 5.47. The quantitative estimate of drug-likeness (QED) is 0.0707. The molecular weight excluding hydrogens is 496 g/mol. The number of rotatable bonds is 7. The van der Waals surface area contributed by atoms with Crippen molar-refractivity contribution in [2.45, 2.75) is 0 Å². The largest absolute Gasteiger partial charge is 0.423 e. The Morgan fingerprint density at radius 1 is 0.923 bits per heavy atom. The van der Waals surface area contributed by atoms with Crippen molar-refractivity contribution >= 4 is 34.9 Å². The van der Waals surface area contributed by atoms with Crippen molar-refractivity contribution in [3.63, 3.8) is 0 Å². The van der Waals surface area contributed by atoms with Crippen LogP contribution in [0.2, 0.25) is 0 Å². The Hall–Kier alpha value is -5.70. The highest BCUT2D eigenvalue weighted by Crippen LogP contribution is 2.24. The number of hydrogen-bond acceptors (Lipinski definition) is 7. The van der Waals surface area contributed by atoms with E-state index in [-0.39, 0.29) is 22.8 Å². The number of nitro groups is 1. The summed E-state index contributed by atoms with van der Waals surface area (Å²) in [4.78, 5) is 41.4. The molecule has 0 unspecified atom stereocenters. The molecule has 0 spiro atoms. The maximum Gasteiger partial charge on any atom is 0.336 e. The van der Waals surface area contributed by atoms with Crippen LogP contribution in [0.3, 0.4) is 0 Å². The molecule has 0 fully saturated rings. The summed E-state index contributed by atoms with van der Waals surface area (Å²) < 4.78 is 6.59. The van der Waals surface area contributed by atoms with Gasteiger partial charge in [0.15, 0.2) is 5.82 Å². The first-order valence-corrected chi connectivity index (χ1v) is 11.8. The zero-order valence-electron chi connectivity index (χ0n) is 20.4. The van der Waals surface area contributed by atoms with Gasteiger partial charge in [-0.2, -0.15) is 9.78 Å². The van der Waals surface area contributed by atoms with Crippen molar-refractivity contribution in [1.82, 2.24) is 9.66 Å². The Balaban J connectivity index is 1.56. The van der Waals surface area contributed by atoms with Gasteiger partial charge in [-0.05, 0) is 29.8 Å². The highest BCUT2D eigenvalue weighted by atomic mass is 16.6. The Morgan fingerprint density at radius 3 is 2.36 bits per heavy atom. The molecule has 5 rings (SSSR count). The van der Waals surface area contributed by atoms with E-state index >= 15 is 0 Å². The first-order chi connectivity index (χ1) is 19.0. The third-order valence-corrected chi connectivity index (χ3v) is 5.72. The van der Waals surface area contributed by atoms with Crippen molar-refractivity contribution in [3.8, 4) is 17.1 Å². The summed E-state index contributed by atoms with van der Waals surface area (Å²) >= 11 is 0. The van der Waals surface area contributed by atoms with Gasteiger partial charge in [-0.3, -0.25) is 14.9 Å². The van der Waals surface area contributed by atoms with E-state index in [4.69, 9.17) is 4.74 Å². The fourth-order valence-electron chi connectivity index (χ4n) is 3.84. The van der Waals surface area contributed by atoms with E-state index in [0.29, 0.717) is 16.5 Å². The summed E-state index contributed by atoms with van der Waals surface area (Å²) in [5, 5.41) is 16.1. The monoisotopic (exact) mass is 516 g/mol. The minimum Gasteiger partial charge on any atom is -0.423 e. The fraction of sp³-hybridized carbons (Fsp3) is 0. The second-order valence-corrected chi connectivity index (χ2v) is 8.32. The number of hydrogen-bond donors (Lipinski definition) is 0. The SMILES string of the molecule is O=C(/C=C/c1ccccc1)Oc1ccc([N+](=O)[O-])cc1C=Nn1c(-c2ccccc2)nc2ccccc2c1=O. The lowest BCUT2D eigenvalue weighted by atomic mass is 10.2. The van der Waals surface area contributed by atoms with Gasteiger partial charge in [0.2, 0.25) is 0 Å². The van der Waals surface area contributed by atoms with E-state index in [1.807, 2.05) is 48.5 Å². The molecule has 0 saturated heterocycles. The normalized spacial score (nSPS) is 11.3. The number of nitro benzene ring substituents is 1. The molecule has 9 nitrogen and oxygen atoms in total. The molecule has 9 heteroatoms. The number of para-hydroxylation sites is 1. The molecule has 1 aromatic heterocycles. The van der Waals surface area contributed by atoms with Crippen molar-refractivity contribution in [1.29, 1.82) is 0 Å². The molecule has 0 saturated carbocycles. The van der Waals surface area contributed by atoms with Crippen molar-refractivity contribution in [2.24, 2.45) is 5.10 Å². The van der Waals surface area contributed by atoms with Crippen molar-refractivity contribution in [2.75, 3.05) is 0 Å². The number of benzene rings is 4. The second-order valence-electron chi connectivity index (χ2n) is 8.32. The van der Waals surface area contributed by atoms with Crippen LogP contribution in [0.15, 0.2) is 119 Å². The summed E-state index contributed by atoms with van der Waals surface area (Å²) in [6, 6.07) is 28.9. The van der Waals surface area contributed by atoms with E-state index < -0.39 is 16.5 Å². The standard InChI is InChI=1S/C30H20N4O5/c35-28(18-15-21-9-3-1-4-10-21)39-27-17-16-24(34(37)38)19-23(27)20-31-33-29(22-11-5-2-6-12-22)32-26-14-8-7-13-25(26)30(33)36/h1-20H/b18-15+,31-20?. The summed E-state index contributed by atoms with van der Waals surface area (Å²) in [6.45, 7) is 0. The van der Waals surface area contributed by atoms with Gasteiger partial charge in [0.25, 0.3) is 11.2 Å². The van der Waals surface area contributed by atoms with Crippen LogP contribution in [0, 0.1) is 10.1 Å². The van der Waals surface area contributed by atoms with Gasteiger partial charge in [0.1, 0.15) is 5.75 Å². The third kappa shape index (κ3) is 5.67. The fourth-order valence-corrected chi connectivity index (χ4v) is 3.84. The minimum atomic E-state index is -0.683. The van der Waals surface area contributed by atoms with Crippen molar-refractivity contribution < 1.29 is 14.5 Å². The van der Waals surface area contributed by atoms with Gasteiger partial charge in [0, 0.05) is 29.3 Å². The number of aromatic nitrogens is 2. The molecule has 0 atom stereocenters. The Morgan fingerprint density at radius 2 is 1.62 bits per heavy atom. The summed E-state index contributed by atoms with van der Waals surface area (Å²) in [5.41, 5.74) is 1.42. The number of non-ortho nitro benzene ring substituents is 1. The van der Waals surface area contributed by atoms with Gasteiger partial charge < -0.3 is 4.74 Å². The van der Waals surface area contributed by atoms with E-state index in [9.17, 15) is 19.7 Å². The lowest BCUT2D eigenvalue weighted by Gasteiger charge is -2.10. The van der Waals surface area contributed by atoms with Crippen LogP contribution in [-0.4, -0.2) is 26.8 Å². The molecule has 4 aromatic carbocycles. The zero-order valence-corrected chi connectivity index (χ0v) is 20.4. The van der Waals surface area contributed by atoms with E-state index in [0.717, 1.165) is 10.2 Å². The highest BCUT2D eigenvalue weighted by Gasteiger charge is 2.15. The van der Waals surface area contributed by atoms with E-state index in [1.165, 1.54) is 30.5 Å². The lowest BCUT2D eigenvalue weighted by molar-refractivity contribution is -0.384. The van der Waals surface area contributed by atoms with Crippen LogP contribution >= 0.6 is 0 Å². The molecule has 0 bridgehead atoms. The number of ether oxygens (including phenoxy) is 1. The smallest absolute Gasteiger partial charge is 0.336 e. The maximum atomic E-state index is 13.4. The average molecular weight is 517 g/mol. The second kappa shape index (κ2) is 11.1. The Kier molecular flexibility index (Phi) is 7.13. The zero-order chi connectivity index (χ0) is 27.2. The molecule has 39 heavy (non-hydrogen) atoms. The third-order valence-electron chi connectivity index (χ3n) is 5.72. The molecule has 0 radical (unpaired) electrons. The number of esters is 1. The number of nitrogens with zero attached hydrogens (tertiary/aromatic N) is 4. The van der Waals surface area contributed by atoms with Gasteiger partial charge in [-0.15, -0.1) is 0 Å². The van der Waals surface area contributed by atoms with Crippen LogP contribution in [0.4, 0.5) is 5.69 Å². The van der Waals surface area contributed by atoms with Crippen LogP contribution in [0.5, 0.6) is 5.75 Å². The Bertz CT molecular complexity index is 1800. The lowest BCUT2D eigenvalue weighted by Crippen LogP contribution is -2.20. The molecule has 1 heterocycles. The van der Waals surface area contributed by atoms with Gasteiger partial charge >= 0.3 is 5.97 Å². The molecule has 0 amide bonds. The number of carbonyl (C=O) groups excluding carboxylic acids is 1. The molecule has 0 aliphatic heterocycles. The van der Waals surface area contributed by atoms with Crippen LogP contribution in [0.1, 0.15) is 11.1 Å². The molecule has 0 N–H and O–H groups in total. The molecule has 5 aromatic rings. The van der Waals surface area contributed by atoms with Crippen LogP contribution < -0.4 is 10.3 Å². The van der Waals surface area contributed by atoms with E-state index in [1.54, 1.807) is 42.5 Å².